The Kier molecular flexibility index (Phi) is 5.22. The molecule has 3 atom stereocenters. The molecule has 0 aromatic carbocycles. The predicted octanol–water partition coefficient (Wildman–Crippen LogP) is 0.591. The number of carbonyl (C=O) groups excluding carboxylic acids is 1. The molecule has 16 heavy (non-hydrogen) atoms. The Labute approximate surface area is 97.8 Å². The van der Waals surface area contributed by atoms with E-state index >= 15 is 0 Å². The quantitative estimate of drug-likeness (QED) is 0.740. The molecule has 0 aromatic heterocycles. The highest BCUT2D eigenvalue weighted by molar-refractivity contribution is 5.79. The lowest BCUT2D eigenvalue weighted by molar-refractivity contribution is -0.139. The van der Waals surface area contributed by atoms with Crippen molar-refractivity contribution in [1.29, 1.82) is 0 Å². The summed E-state index contributed by atoms with van der Waals surface area (Å²) < 4.78 is 0. The molecule has 0 spiro atoms. The van der Waals surface area contributed by atoms with Crippen LogP contribution in [0.1, 0.15) is 33.1 Å². The largest absolute Gasteiger partial charge is 0.391 e. The lowest BCUT2D eigenvalue weighted by atomic mass is 9.94. The summed E-state index contributed by atoms with van der Waals surface area (Å²) in [5, 5.41) is 9.76. The van der Waals surface area contributed by atoms with Gasteiger partial charge in [0.1, 0.15) is 0 Å². The van der Waals surface area contributed by atoms with Crippen LogP contribution in [0.2, 0.25) is 0 Å². The predicted molar refractivity (Wildman–Crippen MR) is 63.8 cm³/mol. The van der Waals surface area contributed by atoms with Crippen LogP contribution < -0.4 is 5.73 Å². The molecule has 4 nitrogen and oxygen atoms in total. The van der Waals surface area contributed by atoms with E-state index in [1.807, 2.05) is 6.92 Å². The topological polar surface area (TPSA) is 66.6 Å². The fourth-order valence-corrected chi connectivity index (χ4v) is 2.20. The van der Waals surface area contributed by atoms with Gasteiger partial charge in [-0.15, -0.1) is 0 Å². The first-order chi connectivity index (χ1) is 7.60. The van der Waals surface area contributed by atoms with Crippen LogP contribution >= 0.6 is 0 Å². The number of hydrogen-bond acceptors (Lipinski definition) is 3. The molecule has 3 N–H and O–H groups in total. The molecule has 1 amide bonds. The van der Waals surface area contributed by atoms with Crippen LogP contribution in [0.3, 0.4) is 0 Å². The highest BCUT2D eigenvalue weighted by atomic mass is 16.3. The van der Waals surface area contributed by atoms with Crippen LogP contribution in [0.15, 0.2) is 0 Å². The van der Waals surface area contributed by atoms with Gasteiger partial charge in [0.25, 0.3) is 0 Å². The van der Waals surface area contributed by atoms with Crippen molar-refractivity contribution in [3.05, 3.63) is 0 Å². The zero-order valence-electron chi connectivity index (χ0n) is 10.4. The molecule has 94 valence electrons. The lowest BCUT2D eigenvalue weighted by Crippen LogP contribution is -2.49. The fraction of sp³-hybridized carbons (Fsp3) is 0.917. The number of aliphatic hydroxyl groups excluding tert-OH is 1. The van der Waals surface area contributed by atoms with Gasteiger partial charge in [0, 0.05) is 19.6 Å². The summed E-state index contributed by atoms with van der Waals surface area (Å²) in [6, 6.07) is 0. The monoisotopic (exact) mass is 228 g/mol. The van der Waals surface area contributed by atoms with Crippen LogP contribution in [0.5, 0.6) is 0 Å². The highest BCUT2D eigenvalue weighted by Crippen LogP contribution is 2.19. The maximum Gasteiger partial charge on any atom is 0.227 e. The minimum Gasteiger partial charge on any atom is -0.391 e. The van der Waals surface area contributed by atoms with E-state index in [-0.39, 0.29) is 17.9 Å². The standard InChI is InChI=1S/C12H24N2O2/c1-3-4-10(7-13)12(16)14-6-5-9(2)11(15)8-14/h9-11,15H,3-8,13H2,1-2H3. The summed E-state index contributed by atoms with van der Waals surface area (Å²) in [5.41, 5.74) is 5.62. The van der Waals surface area contributed by atoms with E-state index in [0.29, 0.717) is 19.0 Å². The highest BCUT2D eigenvalue weighted by Gasteiger charge is 2.30. The molecule has 1 rings (SSSR count). The van der Waals surface area contributed by atoms with Gasteiger partial charge in [-0.25, -0.2) is 0 Å². The normalized spacial score (nSPS) is 27.9. The summed E-state index contributed by atoms with van der Waals surface area (Å²) in [6.07, 6.45) is 2.33. The second-order valence-electron chi connectivity index (χ2n) is 4.84. The molecule has 1 fully saturated rings. The minimum absolute atomic E-state index is 0.0643. The third-order valence-corrected chi connectivity index (χ3v) is 3.50. The number of β-amino-alcohol motifs (C(OH)–C–C–N with tert-alkyl or cyclic N) is 1. The molecule has 0 bridgehead atoms. The summed E-state index contributed by atoms with van der Waals surface area (Å²) in [4.78, 5) is 13.9. The SMILES string of the molecule is CCCC(CN)C(=O)N1CCC(C)C(O)C1. The van der Waals surface area contributed by atoms with Crippen LogP contribution in [-0.4, -0.2) is 41.7 Å². The van der Waals surface area contributed by atoms with Gasteiger partial charge in [-0.1, -0.05) is 20.3 Å². The van der Waals surface area contributed by atoms with Crippen LogP contribution in [-0.2, 0) is 4.79 Å². The molecule has 0 aromatic rings. The Bertz CT molecular complexity index is 233. The van der Waals surface area contributed by atoms with Gasteiger partial charge in [0.15, 0.2) is 0 Å². The van der Waals surface area contributed by atoms with Gasteiger partial charge in [0.05, 0.1) is 12.0 Å². The van der Waals surface area contributed by atoms with Gasteiger partial charge < -0.3 is 15.7 Å². The molecule has 1 aliphatic heterocycles. The van der Waals surface area contributed by atoms with Crippen LogP contribution in [0.4, 0.5) is 0 Å². The summed E-state index contributed by atoms with van der Waals surface area (Å²) in [6.45, 7) is 5.73. The second kappa shape index (κ2) is 6.21. The van der Waals surface area contributed by atoms with Crippen molar-refractivity contribution in [3.63, 3.8) is 0 Å². The van der Waals surface area contributed by atoms with E-state index in [1.54, 1.807) is 4.90 Å². The van der Waals surface area contributed by atoms with Crippen molar-refractivity contribution < 1.29 is 9.90 Å². The smallest absolute Gasteiger partial charge is 0.227 e. The number of nitrogens with zero attached hydrogens (tertiary/aromatic N) is 1. The number of hydrogen-bond donors (Lipinski definition) is 2. The average molecular weight is 228 g/mol. The van der Waals surface area contributed by atoms with Gasteiger partial charge in [0.2, 0.25) is 5.91 Å². The van der Waals surface area contributed by atoms with E-state index in [9.17, 15) is 9.90 Å². The first kappa shape index (κ1) is 13.5. The maximum absolute atomic E-state index is 12.1. The molecule has 0 aliphatic carbocycles. The third-order valence-electron chi connectivity index (χ3n) is 3.50. The van der Waals surface area contributed by atoms with Gasteiger partial charge in [-0.05, 0) is 18.8 Å². The number of aliphatic hydroxyl groups is 1. The van der Waals surface area contributed by atoms with E-state index < -0.39 is 0 Å². The molecule has 4 heteroatoms. The van der Waals surface area contributed by atoms with Gasteiger partial charge in [-0.3, -0.25) is 4.79 Å². The van der Waals surface area contributed by atoms with Crippen molar-refractivity contribution in [2.24, 2.45) is 17.6 Å². The molecule has 1 aliphatic rings. The molecule has 1 saturated heterocycles. The number of rotatable bonds is 4. The Hall–Kier alpha value is -0.610. The first-order valence-corrected chi connectivity index (χ1v) is 6.27. The van der Waals surface area contributed by atoms with E-state index in [1.165, 1.54) is 0 Å². The van der Waals surface area contributed by atoms with E-state index in [2.05, 4.69) is 6.92 Å². The van der Waals surface area contributed by atoms with E-state index in [4.69, 9.17) is 5.73 Å². The average Bonchev–Trinajstić information content (AvgIpc) is 2.28. The van der Waals surface area contributed by atoms with Crippen LogP contribution in [0, 0.1) is 11.8 Å². The Morgan fingerprint density at radius 3 is 2.81 bits per heavy atom. The molecule has 0 radical (unpaired) electrons. The Morgan fingerprint density at radius 2 is 2.31 bits per heavy atom. The second-order valence-corrected chi connectivity index (χ2v) is 4.84. The molecular formula is C12H24N2O2. The van der Waals surface area contributed by atoms with Crippen molar-refractivity contribution in [1.82, 2.24) is 4.90 Å². The Morgan fingerprint density at radius 1 is 1.62 bits per heavy atom. The summed E-state index contributed by atoms with van der Waals surface area (Å²) >= 11 is 0. The third kappa shape index (κ3) is 3.19. The molecule has 3 unspecified atom stereocenters. The number of piperidine rings is 1. The van der Waals surface area contributed by atoms with Crippen LogP contribution in [0.25, 0.3) is 0 Å². The lowest BCUT2D eigenvalue weighted by Gasteiger charge is -2.36. The number of carbonyl (C=O) groups is 1. The zero-order chi connectivity index (χ0) is 12.1. The first-order valence-electron chi connectivity index (χ1n) is 6.27. The number of nitrogens with two attached hydrogens (primary N) is 1. The minimum atomic E-state index is -0.377. The molecular weight excluding hydrogens is 204 g/mol. The zero-order valence-corrected chi connectivity index (χ0v) is 10.4. The number of likely N-dealkylation sites (tertiary alicyclic amines) is 1. The van der Waals surface area contributed by atoms with Crippen molar-refractivity contribution >= 4 is 5.91 Å². The maximum atomic E-state index is 12.1. The molecule has 1 heterocycles. The summed E-state index contributed by atoms with van der Waals surface area (Å²) in [5.74, 6) is 0.354. The van der Waals surface area contributed by atoms with Crippen molar-refractivity contribution in [2.45, 2.75) is 39.2 Å². The van der Waals surface area contributed by atoms with Gasteiger partial charge in [-0.2, -0.15) is 0 Å². The Balaban J connectivity index is 2.53. The van der Waals surface area contributed by atoms with Crippen molar-refractivity contribution in [2.75, 3.05) is 19.6 Å². The summed E-state index contributed by atoms with van der Waals surface area (Å²) in [7, 11) is 0. The van der Waals surface area contributed by atoms with E-state index in [0.717, 1.165) is 25.8 Å². The van der Waals surface area contributed by atoms with Crippen molar-refractivity contribution in [3.8, 4) is 0 Å². The molecule has 0 saturated carbocycles. The number of amides is 1. The fourth-order valence-electron chi connectivity index (χ4n) is 2.20. The van der Waals surface area contributed by atoms with Gasteiger partial charge >= 0.3 is 0 Å².